The van der Waals surface area contributed by atoms with Crippen LogP contribution < -0.4 is 0 Å². The van der Waals surface area contributed by atoms with Gasteiger partial charge in [0.05, 0.1) is 0 Å². The van der Waals surface area contributed by atoms with Gasteiger partial charge in [-0.2, -0.15) is 13.2 Å². The Morgan fingerprint density at radius 1 is 1.15 bits per heavy atom. The number of alkyl halides is 3. The molecule has 27 heavy (non-hydrogen) atoms. The summed E-state index contributed by atoms with van der Waals surface area (Å²) in [5.74, 6) is 0. The van der Waals surface area contributed by atoms with Gasteiger partial charge in [-0.3, -0.25) is 4.98 Å². The summed E-state index contributed by atoms with van der Waals surface area (Å²) in [6.45, 7) is 4.66. The lowest BCUT2D eigenvalue weighted by molar-refractivity contribution is -0.141. The summed E-state index contributed by atoms with van der Waals surface area (Å²) in [5.41, 5.74) is 4.90. The third-order valence-electron chi connectivity index (χ3n) is 5.34. The molecule has 4 rings (SSSR count). The number of fused-ring (bicyclic) bond motifs is 3. The van der Waals surface area contributed by atoms with Crippen LogP contribution in [0.4, 0.5) is 13.2 Å². The van der Waals surface area contributed by atoms with Crippen molar-refractivity contribution < 1.29 is 13.2 Å². The van der Waals surface area contributed by atoms with E-state index in [1.807, 2.05) is 0 Å². The zero-order chi connectivity index (χ0) is 19.2. The van der Waals surface area contributed by atoms with Crippen LogP contribution in [0.3, 0.4) is 0 Å². The highest BCUT2D eigenvalue weighted by Crippen LogP contribution is 2.32. The van der Waals surface area contributed by atoms with E-state index in [-0.39, 0.29) is 0 Å². The lowest BCUT2D eigenvalue weighted by Gasteiger charge is -2.24. The van der Waals surface area contributed by atoms with Crippen molar-refractivity contribution in [3.63, 3.8) is 0 Å². The van der Waals surface area contributed by atoms with Gasteiger partial charge in [-0.15, -0.1) is 0 Å². The molecule has 0 amide bonds. The van der Waals surface area contributed by atoms with Crippen molar-refractivity contribution in [3.05, 3.63) is 64.6 Å². The predicted molar refractivity (Wildman–Crippen MR) is 99.7 cm³/mol. The van der Waals surface area contributed by atoms with Crippen LogP contribution in [0.2, 0.25) is 0 Å². The van der Waals surface area contributed by atoms with E-state index in [9.17, 15) is 13.2 Å². The van der Waals surface area contributed by atoms with Crippen LogP contribution in [-0.2, 0) is 32.1 Å². The van der Waals surface area contributed by atoms with Crippen molar-refractivity contribution in [2.45, 2.75) is 39.0 Å². The van der Waals surface area contributed by atoms with E-state index < -0.39 is 11.9 Å². The molecule has 0 saturated heterocycles. The Kier molecular flexibility index (Phi) is 4.46. The van der Waals surface area contributed by atoms with Crippen LogP contribution in [0.1, 0.15) is 28.1 Å². The van der Waals surface area contributed by atoms with Crippen LogP contribution in [0.5, 0.6) is 0 Å². The molecule has 0 unspecified atom stereocenters. The van der Waals surface area contributed by atoms with E-state index in [1.54, 1.807) is 6.07 Å². The van der Waals surface area contributed by atoms with E-state index in [0.717, 1.165) is 25.6 Å². The number of likely N-dealkylation sites (N-methyl/N-ethyl adjacent to an activating group) is 1. The molecule has 0 aliphatic carbocycles. The van der Waals surface area contributed by atoms with Gasteiger partial charge in [-0.25, -0.2) is 0 Å². The van der Waals surface area contributed by atoms with Crippen molar-refractivity contribution in [3.8, 4) is 0 Å². The largest absolute Gasteiger partial charge is 0.433 e. The number of hydrogen-bond donors (Lipinski definition) is 0. The second kappa shape index (κ2) is 6.68. The maximum Gasteiger partial charge on any atom is 0.433 e. The van der Waals surface area contributed by atoms with Gasteiger partial charge in [0.15, 0.2) is 0 Å². The first kappa shape index (κ1) is 18.0. The highest BCUT2D eigenvalue weighted by Gasteiger charge is 2.32. The normalized spacial score (nSPS) is 15.3. The molecule has 0 atom stereocenters. The first-order valence-corrected chi connectivity index (χ1v) is 9.14. The van der Waals surface area contributed by atoms with Gasteiger partial charge in [0.25, 0.3) is 0 Å². The fraction of sp³-hybridized carbons (Fsp3) is 0.381. The molecule has 3 nitrogen and oxygen atoms in total. The third-order valence-corrected chi connectivity index (χ3v) is 5.34. The molecule has 0 saturated carbocycles. The van der Waals surface area contributed by atoms with Crippen LogP contribution in [0.25, 0.3) is 10.9 Å². The van der Waals surface area contributed by atoms with Crippen LogP contribution in [0, 0.1) is 6.92 Å². The average molecular weight is 373 g/mol. The minimum atomic E-state index is -4.41. The first-order valence-electron chi connectivity index (χ1n) is 9.14. The van der Waals surface area contributed by atoms with Crippen molar-refractivity contribution in [1.29, 1.82) is 0 Å². The molecular weight excluding hydrogens is 351 g/mol. The Balaban J connectivity index is 1.69. The summed E-state index contributed by atoms with van der Waals surface area (Å²) in [7, 11) is 2.12. The second-order valence-corrected chi connectivity index (χ2v) is 7.38. The zero-order valence-electron chi connectivity index (χ0n) is 15.5. The fourth-order valence-corrected chi connectivity index (χ4v) is 3.98. The van der Waals surface area contributed by atoms with Crippen molar-refractivity contribution in [2.24, 2.45) is 0 Å². The third kappa shape index (κ3) is 3.46. The SMILES string of the molecule is Cc1ccc2c(c1)c1c(n2CCc2ccnc(C(F)(F)F)c2)CCN(C)C1. The lowest BCUT2D eigenvalue weighted by atomic mass is 10.0. The molecule has 0 N–H and O–H groups in total. The molecular formula is C21H22F3N3. The number of rotatable bonds is 3. The lowest BCUT2D eigenvalue weighted by Crippen LogP contribution is -2.27. The number of halogens is 3. The molecule has 3 aromatic rings. The van der Waals surface area contributed by atoms with E-state index in [1.165, 1.54) is 33.9 Å². The molecule has 0 radical (unpaired) electrons. The Labute approximate surface area is 156 Å². The van der Waals surface area contributed by atoms with Gasteiger partial charge in [0.2, 0.25) is 0 Å². The van der Waals surface area contributed by atoms with Gasteiger partial charge in [0.1, 0.15) is 5.69 Å². The number of benzene rings is 1. The maximum absolute atomic E-state index is 12.9. The monoisotopic (exact) mass is 373 g/mol. The van der Waals surface area contributed by atoms with E-state index in [0.29, 0.717) is 18.5 Å². The van der Waals surface area contributed by atoms with Crippen LogP contribution >= 0.6 is 0 Å². The Morgan fingerprint density at radius 3 is 2.74 bits per heavy atom. The molecule has 142 valence electrons. The van der Waals surface area contributed by atoms with Gasteiger partial charge in [0, 0.05) is 48.8 Å². The van der Waals surface area contributed by atoms with E-state index >= 15 is 0 Å². The number of pyridine rings is 1. The summed E-state index contributed by atoms with van der Waals surface area (Å²) in [6, 6.07) is 9.29. The molecule has 2 aromatic heterocycles. The summed E-state index contributed by atoms with van der Waals surface area (Å²) >= 11 is 0. The molecule has 6 heteroatoms. The van der Waals surface area contributed by atoms with Crippen LogP contribution in [0.15, 0.2) is 36.5 Å². The minimum Gasteiger partial charge on any atom is -0.344 e. The summed E-state index contributed by atoms with van der Waals surface area (Å²) in [5, 5.41) is 1.27. The number of hydrogen-bond acceptors (Lipinski definition) is 2. The predicted octanol–water partition coefficient (Wildman–Crippen LogP) is 4.59. The number of nitrogens with zero attached hydrogens (tertiary/aromatic N) is 3. The number of aromatic nitrogens is 2. The zero-order valence-corrected chi connectivity index (χ0v) is 15.5. The molecule has 0 fully saturated rings. The van der Waals surface area contributed by atoms with E-state index in [4.69, 9.17) is 0 Å². The molecule has 3 heterocycles. The summed E-state index contributed by atoms with van der Waals surface area (Å²) in [6.07, 6.45) is -1.65. The topological polar surface area (TPSA) is 21.1 Å². The van der Waals surface area contributed by atoms with Gasteiger partial charge in [-0.1, -0.05) is 11.6 Å². The van der Waals surface area contributed by atoms with Crippen LogP contribution in [-0.4, -0.2) is 28.0 Å². The second-order valence-electron chi connectivity index (χ2n) is 7.38. The molecule has 1 aliphatic heterocycles. The highest BCUT2D eigenvalue weighted by atomic mass is 19.4. The minimum absolute atomic E-state index is 0.547. The fourth-order valence-electron chi connectivity index (χ4n) is 3.98. The summed E-state index contributed by atoms with van der Waals surface area (Å²) < 4.78 is 41.0. The van der Waals surface area contributed by atoms with Crippen molar-refractivity contribution >= 4 is 10.9 Å². The van der Waals surface area contributed by atoms with Gasteiger partial charge >= 0.3 is 6.18 Å². The molecule has 0 bridgehead atoms. The molecule has 1 aliphatic rings. The highest BCUT2D eigenvalue weighted by molar-refractivity contribution is 5.86. The maximum atomic E-state index is 12.9. The van der Waals surface area contributed by atoms with E-state index in [2.05, 4.69) is 46.6 Å². The Bertz CT molecular complexity index is 988. The van der Waals surface area contributed by atoms with Gasteiger partial charge in [-0.05, 0) is 55.8 Å². The van der Waals surface area contributed by atoms with Crippen molar-refractivity contribution in [1.82, 2.24) is 14.5 Å². The smallest absolute Gasteiger partial charge is 0.344 e. The molecule has 1 aromatic carbocycles. The first-order chi connectivity index (χ1) is 12.8. The number of aryl methyl sites for hydroxylation is 3. The average Bonchev–Trinajstić information content (AvgIpc) is 2.92. The Morgan fingerprint density at radius 2 is 1.96 bits per heavy atom. The standard InChI is InChI=1S/C21H22F3N3/c1-14-3-4-18-16(11-14)17-13-26(2)9-7-19(17)27(18)10-6-15-5-8-25-20(12-15)21(22,23)24/h3-5,8,11-12H,6-7,9-10,13H2,1-2H3. The summed E-state index contributed by atoms with van der Waals surface area (Å²) in [4.78, 5) is 5.77. The quantitative estimate of drug-likeness (QED) is 0.669. The van der Waals surface area contributed by atoms with Crippen molar-refractivity contribution in [2.75, 3.05) is 13.6 Å². The van der Waals surface area contributed by atoms with Gasteiger partial charge < -0.3 is 9.47 Å². The Hall–Kier alpha value is -2.34. The molecule has 0 spiro atoms.